The molecule has 5 heteroatoms. The normalized spacial score (nSPS) is 8.12. The van der Waals surface area contributed by atoms with Crippen LogP contribution >= 0.6 is 39.9 Å². The zero-order valence-corrected chi connectivity index (χ0v) is 7.02. The van der Waals surface area contributed by atoms with Crippen LogP contribution < -0.4 is 5.73 Å². The molecule has 0 unspecified atom stereocenters. The largest absolute Gasteiger partial charge is 0.388 e. The lowest BCUT2D eigenvalue weighted by Crippen LogP contribution is -1.75. The lowest BCUT2D eigenvalue weighted by molar-refractivity contribution is 1.56. The molecule has 0 saturated carbocycles. The molecule has 0 aliphatic rings. The maximum Gasteiger partial charge on any atom is 0.121 e. The summed E-state index contributed by atoms with van der Waals surface area (Å²) in [7, 11) is 0. The van der Waals surface area contributed by atoms with E-state index in [0.29, 0.717) is 0 Å². The Morgan fingerprint density at radius 1 is 1.75 bits per heavy atom. The fraction of sp³-hybridized carbons (Fsp3) is 0. The van der Waals surface area contributed by atoms with Gasteiger partial charge in [0, 0.05) is 0 Å². The number of nitrogen functional groups attached to an aromatic ring is 1. The van der Waals surface area contributed by atoms with E-state index in [1.54, 1.807) is 6.20 Å². The maximum absolute atomic E-state index is 5.35. The van der Waals surface area contributed by atoms with Crippen molar-refractivity contribution in [3.8, 4) is 0 Å². The molecule has 1 rings (SSSR count). The monoisotopic (exact) mass is 214 g/mol. The molecule has 2 nitrogen and oxygen atoms in total. The minimum atomic E-state index is 0. The van der Waals surface area contributed by atoms with Gasteiger partial charge in [0.05, 0.1) is 10.7 Å². The molecule has 0 aliphatic heterocycles. The van der Waals surface area contributed by atoms with E-state index < -0.39 is 0 Å². The van der Waals surface area contributed by atoms with Crippen LogP contribution in [0.3, 0.4) is 0 Å². The van der Waals surface area contributed by atoms with Crippen LogP contribution in [0, 0.1) is 0 Å². The molecule has 1 aromatic heterocycles. The number of aromatic nitrogens is 1. The highest BCUT2D eigenvalue weighted by Crippen LogP contribution is 2.21. The molecule has 0 aromatic carbocycles. The second-order valence-corrected chi connectivity index (χ2v) is 2.73. The Balaban J connectivity index is 0.000000490. The predicted molar refractivity (Wildman–Crippen MR) is 41.5 cm³/mol. The minimum Gasteiger partial charge on any atom is -0.388 e. The molecule has 8 heavy (non-hydrogen) atoms. The molecule has 1 heterocycles. The van der Waals surface area contributed by atoms with E-state index in [4.69, 9.17) is 5.73 Å². The SMILES string of the molecule is Cl.Nc1sncc1Br. The molecule has 0 saturated heterocycles. The number of anilines is 1. The molecule has 0 bridgehead atoms. The lowest BCUT2D eigenvalue weighted by Gasteiger charge is -1.76. The van der Waals surface area contributed by atoms with Gasteiger partial charge in [0.1, 0.15) is 5.00 Å². The van der Waals surface area contributed by atoms with Crippen molar-refractivity contribution in [2.75, 3.05) is 5.73 Å². The number of halogens is 2. The average molecular weight is 216 g/mol. The molecule has 0 aliphatic carbocycles. The van der Waals surface area contributed by atoms with Crippen molar-refractivity contribution in [2.24, 2.45) is 0 Å². The van der Waals surface area contributed by atoms with E-state index in [-0.39, 0.29) is 12.4 Å². The second kappa shape index (κ2) is 3.27. The Labute approximate surface area is 65.8 Å². The zero-order chi connectivity index (χ0) is 5.28. The third kappa shape index (κ3) is 1.61. The van der Waals surface area contributed by atoms with E-state index in [1.165, 1.54) is 11.5 Å². The Morgan fingerprint density at radius 3 is 2.50 bits per heavy atom. The van der Waals surface area contributed by atoms with Gasteiger partial charge in [-0.15, -0.1) is 12.4 Å². The highest BCUT2D eigenvalue weighted by molar-refractivity contribution is 9.10. The Morgan fingerprint density at radius 2 is 2.38 bits per heavy atom. The third-order valence-electron chi connectivity index (χ3n) is 0.552. The number of rotatable bonds is 0. The smallest absolute Gasteiger partial charge is 0.121 e. The lowest BCUT2D eigenvalue weighted by atomic mass is 10.7. The summed E-state index contributed by atoms with van der Waals surface area (Å²) in [6.07, 6.45) is 1.68. The van der Waals surface area contributed by atoms with Crippen molar-refractivity contribution in [1.29, 1.82) is 0 Å². The summed E-state index contributed by atoms with van der Waals surface area (Å²) in [6.45, 7) is 0. The average Bonchev–Trinajstić information content (AvgIpc) is 1.91. The molecule has 0 atom stereocenters. The molecule has 2 N–H and O–H groups in total. The Hall–Kier alpha value is 0.200. The quantitative estimate of drug-likeness (QED) is 0.718. The summed E-state index contributed by atoms with van der Waals surface area (Å²) in [5, 5.41) is 0.736. The van der Waals surface area contributed by atoms with Crippen LogP contribution in [0.15, 0.2) is 10.7 Å². The van der Waals surface area contributed by atoms with Gasteiger partial charge in [0.15, 0.2) is 0 Å². The fourth-order valence-electron chi connectivity index (χ4n) is 0.237. The van der Waals surface area contributed by atoms with Crippen LogP contribution in [0.2, 0.25) is 0 Å². The first-order valence-electron chi connectivity index (χ1n) is 1.66. The standard InChI is InChI=1S/C3H3BrN2S.ClH/c4-2-1-6-7-3(2)5;/h1H,5H2;1H. The van der Waals surface area contributed by atoms with Crippen LogP contribution in [0.1, 0.15) is 0 Å². The van der Waals surface area contributed by atoms with Gasteiger partial charge in [-0.2, -0.15) is 4.37 Å². The van der Waals surface area contributed by atoms with Crippen molar-refractivity contribution in [3.05, 3.63) is 10.7 Å². The summed E-state index contributed by atoms with van der Waals surface area (Å²) in [5.41, 5.74) is 5.35. The fourth-order valence-corrected chi connectivity index (χ4v) is 1.10. The van der Waals surface area contributed by atoms with E-state index >= 15 is 0 Å². The predicted octanol–water partition coefficient (Wildman–Crippen LogP) is 1.91. The molecule has 0 spiro atoms. The van der Waals surface area contributed by atoms with Crippen molar-refractivity contribution in [3.63, 3.8) is 0 Å². The van der Waals surface area contributed by atoms with E-state index in [1.807, 2.05) is 0 Å². The maximum atomic E-state index is 5.35. The molecule has 46 valence electrons. The van der Waals surface area contributed by atoms with Gasteiger partial charge in [0.2, 0.25) is 0 Å². The molecule has 0 amide bonds. The van der Waals surface area contributed by atoms with Crippen molar-refractivity contribution in [2.45, 2.75) is 0 Å². The minimum absolute atomic E-state index is 0. The molecular formula is C3H4BrClN2S. The van der Waals surface area contributed by atoms with Crippen molar-refractivity contribution < 1.29 is 0 Å². The Kier molecular flexibility index (Phi) is 3.35. The van der Waals surface area contributed by atoms with Gasteiger partial charge in [-0.3, -0.25) is 0 Å². The first kappa shape index (κ1) is 8.20. The summed E-state index contributed by atoms with van der Waals surface area (Å²) in [6, 6.07) is 0. The molecule has 1 aromatic rings. The van der Waals surface area contributed by atoms with Gasteiger partial charge >= 0.3 is 0 Å². The second-order valence-electron chi connectivity index (χ2n) is 1.04. The Bertz CT molecular complexity index is 150. The highest BCUT2D eigenvalue weighted by Gasteiger charge is 1.92. The van der Waals surface area contributed by atoms with E-state index in [2.05, 4.69) is 20.3 Å². The van der Waals surface area contributed by atoms with Crippen LogP contribution in [-0.2, 0) is 0 Å². The first-order valence-corrected chi connectivity index (χ1v) is 3.23. The zero-order valence-electron chi connectivity index (χ0n) is 3.80. The van der Waals surface area contributed by atoms with Crippen LogP contribution in [-0.4, -0.2) is 4.37 Å². The van der Waals surface area contributed by atoms with Crippen LogP contribution in [0.5, 0.6) is 0 Å². The van der Waals surface area contributed by atoms with Crippen LogP contribution in [0.25, 0.3) is 0 Å². The summed E-state index contributed by atoms with van der Waals surface area (Å²) in [5.74, 6) is 0. The topological polar surface area (TPSA) is 38.9 Å². The van der Waals surface area contributed by atoms with Gasteiger partial charge in [-0.25, -0.2) is 0 Å². The first-order chi connectivity index (χ1) is 3.30. The molecule has 0 radical (unpaired) electrons. The number of nitrogens with zero attached hydrogens (tertiary/aromatic N) is 1. The van der Waals surface area contributed by atoms with E-state index in [9.17, 15) is 0 Å². The third-order valence-corrected chi connectivity index (χ3v) is 2.07. The summed E-state index contributed by atoms with van der Waals surface area (Å²) < 4.78 is 4.68. The van der Waals surface area contributed by atoms with Crippen molar-refractivity contribution in [1.82, 2.24) is 4.37 Å². The molecular weight excluding hydrogens is 211 g/mol. The summed E-state index contributed by atoms with van der Waals surface area (Å²) in [4.78, 5) is 0. The van der Waals surface area contributed by atoms with E-state index in [0.717, 1.165) is 9.47 Å². The van der Waals surface area contributed by atoms with Gasteiger partial charge in [-0.05, 0) is 27.5 Å². The number of hydrogen-bond acceptors (Lipinski definition) is 3. The van der Waals surface area contributed by atoms with Crippen molar-refractivity contribution >= 4 is 44.9 Å². The van der Waals surface area contributed by atoms with Gasteiger partial charge in [0.25, 0.3) is 0 Å². The molecule has 0 fully saturated rings. The number of hydrogen-bond donors (Lipinski definition) is 1. The van der Waals surface area contributed by atoms with Gasteiger partial charge < -0.3 is 5.73 Å². The van der Waals surface area contributed by atoms with Gasteiger partial charge in [-0.1, -0.05) is 0 Å². The summed E-state index contributed by atoms with van der Waals surface area (Å²) >= 11 is 4.47. The highest BCUT2D eigenvalue weighted by atomic mass is 79.9. The van der Waals surface area contributed by atoms with Crippen LogP contribution in [0.4, 0.5) is 5.00 Å². The number of nitrogens with two attached hydrogens (primary N) is 1.